The van der Waals surface area contributed by atoms with E-state index in [0.29, 0.717) is 0 Å². The van der Waals surface area contributed by atoms with E-state index < -0.39 is 4.92 Å². The van der Waals surface area contributed by atoms with E-state index in [4.69, 9.17) is 5.26 Å². The Hall–Kier alpha value is -1.30. The summed E-state index contributed by atoms with van der Waals surface area (Å²) in [5.74, 6) is -0.142. The zero-order chi connectivity index (χ0) is 10.6. The van der Waals surface area contributed by atoms with Crippen LogP contribution in [0, 0.1) is 21.4 Å². The molecule has 0 amide bonds. The lowest BCUT2D eigenvalue weighted by molar-refractivity contribution is -0.382. The van der Waals surface area contributed by atoms with E-state index in [2.05, 4.69) is 9.22 Å². The van der Waals surface area contributed by atoms with Crippen LogP contribution in [0.1, 0.15) is 5.56 Å². The Morgan fingerprint density at radius 2 is 2.50 bits per heavy atom. The van der Waals surface area contributed by atoms with Crippen molar-refractivity contribution in [3.8, 4) is 11.8 Å². The van der Waals surface area contributed by atoms with Crippen molar-refractivity contribution in [1.29, 1.82) is 5.26 Å². The van der Waals surface area contributed by atoms with Gasteiger partial charge in [-0.15, -0.1) is 4.33 Å². The summed E-state index contributed by atoms with van der Waals surface area (Å²) in [6.45, 7) is 0. The van der Waals surface area contributed by atoms with Crippen molar-refractivity contribution < 1.29 is 14.1 Å². The average Bonchev–Trinajstić information content (AvgIpc) is 2.57. The van der Waals surface area contributed by atoms with Gasteiger partial charge in [0, 0.05) is 23.7 Å². The SMILES string of the molecule is CSOOc1c(C#N)csc1[N+](=O)[O-]. The second-order valence-corrected chi connectivity index (χ2v) is 3.30. The fourth-order valence-corrected chi connectivity index (χ4v) is 1.55. The minimum atomic E-state index is -0.621. The van der Waals surface area contributed by atoms with E-state index in [1.165, 1.54) is 5.38 Å². The van der Waals surface area contributed by atoms with Gasteiger partial charge < -0.3 is 4.89 Å². The zero-order valence-corrected chi connectivity index (χ0v) is 8.55. The standard InChI is InChI=1S/C6H4N2O4S2/c1-13-12-11-5-4(2-7)3-14-6(5)8(9)10/h3H,1H3. The molecular weight excluding hydrogens is 228 g/mol. The lowest BCUT2D eigenvalue weighted by Crippen LogP contribution is -1.93. The van der Waals surface area contributed by atoms with Crippen molar-refractivity contribution in [2.75, 3.05) is 6.26 Å². The Kier molecular flexibility index (Phi) is 3.70. The third kappa shape index (κ3) is 2.14. The third-order valence-corrected chi connectivity index (χ3v) is 2.31. The molecule has 1 aromatic heterocycles. The van der Waals surface area contributed by atoms with Gasteiger partial charge >= 0.3 is 5.00 Å². The average molecular weight is 232 g/mol. The largest absolute Gasteiger partial charge is 0.371 e. The number of nitro groups is 1. The maximum Gasteiger partial charge on any atom is 0.371 e. The molecule has 8 heteroatoms. The van der Waals surface area contributed by atoms with Crippen LogP contribution in [0.3, 0.4) is 0 Å². The van der Waals surface area contributed by atoms with Crippen LogP contribution >= 0.6 is 23.4 Å². The molecule has 0 fully saturated rings. The first-order valence-corrected chi connectivity index (χ1v) is 5.27. The maximum absolute atomic E-state index is 10.5. The van der Waals surface area contributed by atoms with E-state index in [1.54, 1.807) is 12.3 Å². The van der Waals surface area contributed by atoms with E-state index >= 15 is 0 Å². The number of thiophene rings is 1. The Balaban J connectivity index is 3.01. The first-order valence-electron chi connectivity index (χ1n) is 3.24. The summed E-state index contributed by atoms with van der Waals surface area (Å²) in [7, 11) is 0. The van der Waals surface area contributed by atoms with Crippen molar-refractivity contribution >= 4 is 28.4 Å². The van der Waals surface area contributed by atoms with E-state index in [9.17, 15) is 10.1 Å². The molecule has 0 N–H and O–H groups in total. The van der Waals surface area contributed by atoms with Gasteiger partial charge in [-0.3, -0.25) is 10.1 Å². The normalized spacial score (nSPS) is 9.43. The lowest BCUT2D eigenvalue weighted by atomic mass is 10.3. The van der Waals surface area contributed by atoms with Gasteiger partial charge in [-0.2, -0.15) is 5.26 Å². The molecule has 1 aromatic rings. The summed E-state index contributed by atoms with van der Waals surface area (Å²) < 4.78 is 4.48. The molecule has 0 atom stereocenters. The van der Waals surface area contributed by atoms with Gasteiger partial charge in [0.2, 0.25) is 0 Å². The number of nitriles is 1. The second-order valence-electron chi connectivity index (χ2n) is 1.97. The van der Waals surface area contributed by atoms with Gasteiger partial charge in [0.1, 0.15) is 11.6 Å². The molecule has 0 unspecified atom stereocenters. The van der Waals surface area contributed by atoms with Crippen molar-refractivity contribution in [3.63, 3.8) is 0 Å². The molecule has 0 aromatic carbocycles. The molecular formula is C6H4N2O4S2. The topological polar surface area (TPSA) is 85.4 Å². The fourth-order valence-electron chi connectivity index (χ4n) is 0.689. The highest BCUT2D eigenvalue weighted by Crippen LogP contribution is 2.37. The minimum Gasteiger partial charge on any atom is -0.315 e. The van der Waals surface area contributed by atoms with Crippen LogP contribution in [0.4, 0.5) is 5.00 Å². The molecule has 14 heavy (non-hydrogen) atoms. The van der Waals surface area contributed by atoms with Crippen LogP contribution in [0.25, 0.3) is 0 Å². The van der Waals surface area contributed by atoms with Crippen LogP contribution in [0.15, 0.2) is 5.38 Å². The first kappa shape index (κ1) is 10.8. The van der Waals surface area contributed by atoms with E-state index in [0.717, 1.165) is 23.4 Å². The molecule has 0 saturated carbocycles. The predicted octanol–water partition coefficient (Wildman–Crippen LogP) is 2.12. The Morgan fingerprint density at radius 1 is 1.79 bits per heavy atom. The molecule has 74 valence electrons. The third-order valence-electron chi connectivity index (χ3n) is 1.20. The molecule has 0 aliphatic carbocycles. The minimum absolute atomic E-state index is 0.0933. The van der Waals surface area contributed by atoms with Crippen molar-refractivity contribution in [3.05, 3.63) is 21.1 Å². The molecule has 0 bridgehead atoms. The summed E-state index contributed by atoms with van der Waals surface area (Å²) in [6.07, 6.45) is 1.59. The molecule has 0 saturated heterocycles. The van der Waals surface area contributed by atoms with Gasteiger partial charge in [0.05, 0.1) is 4.92 Å². The zero-order valence-electron chi connectivity index (χ0n) is 6.92. The maximum atomic E-state index is 10.5. The molecule has 1 heterocycles. The highest BCUT2D eigenvalue weighted by atomic mass is 32.2. The van der Waals surface area contributed by atoms with Crippen molar-refractivity contribution in [1.82, 2.24) is 0 Å². The Bertz CT molecular complexity index is 384. The van der Waals surface area contributed by atoms with Gasteiger partial charge in [-0.1, -0.05) is 11.3 Å². The molecule has 0 spiro atoms. The summed E-state index contributed by atoms with van der Waals surface area (Å²) in [4.78, 5) is 14.5. The predicted molar refractivity (Wildman–Crippen MR) is 50.9 cm³/mol. The first-order chi connectivity index (χ1) is 6.70. The van der Waals surface area contributed by atoms with Crippen LogP contribution in [0.2, 0.25) is 0 Å². The quantitative estimate of drug-likeness (QED) is 0.342. The highest BCUT2D eigenvalue weighted by molar-refractivity contribution is 7.93. The van der Waals surface area contributed by atoms with Crippen molar-refractivity contribution in [2.24, 2.45) is 0 Å². The number of nitrogens with zero attached hydrogens (tertiary/aromatic N) is 2. The molecule has 0 aliphatic rings. The monoisotopic (exact) mass is 232 g/mol. The Labute approximate surface area is 87.3 Å². The van der Waals surface area contributed by atoms with Gasteiger partial charge in [0.15, 0.2) is 0 Å². The van der Waals surface area contributed by atoms with Gasteiger partial charge in [0.25, 0.3) is 5.75 Å². The molecule has 1 rings (SSSR count). The van der Waals surface area contributed by atoms with Crippen molar-refractivity contribution in [2.45, 2.75) is 0 Å². The van der Waals surface area contributed by atoms with E-state index in [-0.39, 0.29) is 16.3 Å². The number of hydrogen-bond donors (Lipinski definition) is 0. The molecule has 0 radical (unpaired) electrons. The van der Waals surface area contributed by atoms with Gasteiger partial charge in [-0.05, 0) is 0 Å². The summed E-state index contributed by atoms with van der Waals surface area (Å²) in [5.41, 5.74) is 0.0933. The summed E-state index contributed by atoms with van der Waals surface area (Å²) in [5, 5.41) is 20.2. The molecule has 0 aliphatic heterocycles. The highest BCUT2D eigenvalue weighted by Gasteiger charge is 2.24. The second kappa shape index (κ2) is 4.80. The van der Waals surface area contributed by atoms with Crippen LogP contribution in [0.5, 0.6) is 5.75 Å². The summed E-state index contributed by atoms with van der Waals surface area (Å²) in [6, 6.07) is 1.77. The van der Waals surface area contributed by atoms with Crippen LogP contribution in [-0.4, -0.2) is 11.2 Å². The molecule has 6 nitrogen and oxygen atoms in total. The summed E-state index contributed by atoms with van der Waals surface area (Å²) >= 11 is 1.71. The number of rotatable bonds is 4. The number of hydrogen-bond acceptors (Lipinski definition) is 7. The van der Waals surface area contributed by atoms with Gasteiger partial charge in [-0.25, -0.2) is 0 Å². The fraction of sp³-hybridized carbons (Fsp3) is 0.167. The smallest absolute Gasteiger partial charge is 0.315 e. The van der Waals surface area contributed by atoms with E-state index in [1.807, 2.05) is 0 Å². The Morgan fingerprint density at radius 3 is 3.00 bits per heavy atom. The van der Waals surface area contributed by atoms with Crippen LogP contribution in [-0.2, 0) is 4.33 Å². The lowest BCUT2D eigenvalue weighted by Gasteiger charge is -1.97. The van der Waals surface area contributed by atoms with Crippen LogP contribution < -0.4 is 4.89 Å².